The predicted molar refractivity (Wildman–Crippen MR) is 76.9 cm³/mol. The summed E-state index contributed by atoms with van der Waals surface area (Å²) in [6.07, 6.45) is -0.364. The molecule has 1 N–H and O–H groups in total. The summed E-state index contributed by atoms with van der Waals surface area (Å²) in [5.41, 5.74) is 0.991. The average Bonchev–Trinajstić information content (AvgIpc) is 2.37. The maximum Gasteiger partial charge on any atom is 0.407 e. The van der Waals surface area contributed by atoms with E-state index >= 15 is 0 Å². The summed E-state index contributed by atoms with van der Waals surface area (Å²) < 4.78 is 5.17. The zero-order valence-corrected chi connectivity index (χ0v) is 12.2. The maximum atomic E-state index is 11.6. The van der Waals surface area contributed by atoms with Crippen LogP contribution in [0.3, 0.4) is 0 Å². The van der Waals surface area contributed by atoms with Crippen molar-refractivity contribution in [1.82, 2.24) is 10.2 Å². The van der Waals surface area contributed by atoms with Crippen LogP contribution in [0.5, 0.6) is 0 Å². The molecule has 1 aromatic rings. The third-order valence-electron chi connectivity index (χ3n) is 3.10. The van der Waals surface area contributed by atoms with Crippen molar-refractivity contribution >= 4 is 6.09 Å². The molecule has 4 heteroatoms. The summed E-state index contributed by atoms with van der Waals surface area (Å²) >= 11 is 0. The molecule has 0 radical (unpaired) electrons. The van der Waals surface area contributed by atoms with E-state index in [0.29, 0.717) is 25.1 Å². The van der Waals surface area contributed by atoms with Gasteiger partial charge in [0.2, 0.25) is 0 Å². The molecule has 19 heavy (non-hydrogen) atoms. The van der Waals surface area contributed by atoms with Crippen molar-refractivity contribution in [2.75, 3.05) is 20.6 Å². The quantitative estimate of drug-likeness (QED) is 0.858. The van der Waals surface area contributed by atoms with Gasteiger partial charge in [0.15, 0.2) is 0 Å². The average molecular weight is 264 g/mol. The van der Waals surface area contributed by atoms with Gasteiger partial charge >= 0.3 is 6.09 Å². The molecule has 0 aliphatic rings. The van der Waals surface area contributed by atoms with E-state index in [1.165, 1.54) is 0 Å². The molecule has 0 aliphatic carbocycles. The number of hydrogen-bond acceptors (Lipinski definition) is 3. The largest absolute Gasteiger partial charge is 0.445 e. The highest BCUT2D eigenvalue weighted by Gasteiger charge is 2.16. The Morgan fingerprint density at radius 1 is 1.26 bits per heavy atom. The lowest BCUT2D eigenvalue weighted by Crippen LogP contribution is -2.43. The highest BCUT2D eigenvalue weighted by molar-refractivity contribution is 5.67. The first-order chi connectivity index (χ1) is 9.00. The van der Waals surface area contributed by atoms with E-state index in [9.17, 15) is 4.79 Å². The summed E-state index contributed by atoms with van der Waals surface area (Å²) in [7, 11) is 4.03. The lowest BCUT2D eigenvalue weighted by molar-refractivity contribution is 0.133. The van der Waals surface area contributed by atoms with E-state index in [1.807, 2.05) is 44.4 Å². The Morgan fingerprint density at radius 3 is 2.42 bits per heavy atom. The molecule has 106 valence electrons. The van der Waals surface area contributed by atoms with E-state index in [1.54, 1.807) is 0 Å². The van der Waals surface area contributed by atoms with E-state index in [0.717, 1.165) is 5.56 Å². The van der Waals surface area contributed by atoms with Crippen molar-refractivity contribution in [1.29, 1.82) is 0 Å². The van der Waals surface area contributed by atoms with Gasteiger partial charge in [-0.1, -0.05) is 44.2 Å². The molecule has 0 bridgehead atoms. The second kappa shape index (κ2) is 7.79. The third kappa shape index (κ3) is 5.75. The Hall–Kier alpha value is -1.55. The number of ether oxygens (including phenoxy) is 1. The second-order valence-electron chi connectivity index (χ2n) is 5.22. The number of carbonyl (C=O) groups is 1. The molecular weight excluding hydrogens is 240 g/mol. The van der Waals surface area contributed by atoms with Gasteiger partial charge < -0.3 is 15.0 Å². The van der Waals surface area contributed by atoms with Crippen molar-refractivity contribution < 1.29 is 9.53 Å². The SMILES string of the molecule is CC(C)C(CNC(=O)OCc1ccccc1)N(C)C. The first-order valence-electron chi connectivity index (χ1n) is 6.61. The number of carbonyl (C=O) groups excluding carboxylic acids is 1. The topological polar surface area (TPSA) is 41.6 Å². The second-order valence-corrected chi connectivity index (χ2v) is 5.22. The standard InChI is InChI=1S/C15H24N2O2/c1-12(2)14(17(3)4)10-16-15(18)19-11-13-8-6-5-7-9-13/h5-9,12,14H,10-11H2,1-4H3,(H,16,18). The lowest BCUT2D eigenvalue weighted by atomic mass is 10.0. The van der Waals surface area contributed by atoms with Gasteiger partial charge in [0.1, 0.15) is 6.61 Å². The third-order valence-corrected chi connectivity index (χ3v) is 3.10. The smallest absolute Gasteiger partial charge is 0.407 e. The van der Waals surface area contributed by atoms with Crippen LogP contribution < -0.4 is 5.32 Å². The minimum Gasteiger partial charge on any atom is -0.445 e. The summed E-state index contributed by atoms with van der Waals surface area (Å²) in [6, 6.07) is 9.97. The van der Waals surface area contributed by atoms with Crippen molar-refractivity contribution in [3.8, 4) is 0 Å². The lowest BCUT2D eigenvalue weighted by Gasteiger charge is -2.27. The van der Waals surface area contributed by atoms with E-state index < -0.39 is 0 Å². The van der Waals surface area contributed by atoms with Gasteiger partial charge in [0, 0.05) is 12.6 Å². The molecule has 0 heterocycles. The molecule has 1 rings (SSSR count). The van der Waals surface area contributed by atoms with Crippen LogP contribution in [0.4, 0.5) is 4.79 Å². The number of nitrogens with one attached hydrogen (secondary N) is 1. The Kier molecular flexibility index (Phi) is 6.36. The van der Waals surface area contributed by atoms with Gasteiger partial charge in [-0.15, -0.1) is 0 Å². The van der Waals surface area contributed by atoms with Gasteiger partial charge in [-0.05, 0) is 25.6 Å². The summed E-state index contributed by atoms with van der Waals surface area (Å²) in [6.45, 7) is 5.18. The molecule has 0 saturated carbocycles. The Morgan fingerprint density at radius 2 is 1.89 bits per heavy atom. The molecule has 1 amide bonds. The summed E-state index contributed by atoms with van der Waals surface area (Å²) in [5, 5.41) is 2.81. The molecule has 1 unspecified atom stereocenters. The van der Waals surface area contributed by atoms with E-state index in [-0.39, 0.29) is 6.09 Å². The Bertz CT molecular complexity index is 369. The van der Waals surface area contributed by atoms with Crippen LogP contribution in [0.1, 0.15) is 19.4 Å². The molecule has 0 spiro atoms. The normalized spacial score (nSPS) is 12.5. The number of nitrogens with zero attached hydrogens (tertiary/aromatic N) is 1. The van der Waals surface area contributed by atoms with Crippen LogP contribution in [0, 0.1) is 5.92 Å². The summed E-state index contributed by atoms with van der Waals surface area (Å²) in [5.74, 6) is 0.476. The van der Waals surface area contributed by atoms with Gasteiger partial charge in [-0.25, -0.2) is 4.79 Å². The van der Waals surface area contributed by atoms with Crippen LogP contribution in [0.15, 0.2) is 30.3 Å². The fraction of sp³-hybridized carbons (Fsp3) is 0.533. The van der Waals surface area contributed by atoms with Gasteiger partial charge in [0.05, 0.1) is 0 Å². The van der Waals surface area contributed by atoms with Crippen LogP contribution in [-0.4, -0.2) is 37.7 Å². The molecule has 0 saturated heterocycles. The van der Waals surface area contributed by atoms with E-state index in [2.05, 4.69) is 24.1 Å². The molecule has 1 atom stereocenters. The highest BCUT2D eigenvalue weighted by atomic mass is 16.5. The number of amides is 1. The number of rotatable bonds is 6. The molecule has 0 fully saturated rings. The highest BCUT2D eigenvalue weighted by Crippen LogP contribution is 2.06. The van der Waals surface area contributed by atoms with Crippen molar-refractivity contribution in [2.24, 2.45) is 5.92 Å². The van der Waals surface area contributed by atoms with Crippen molar-refractivity contribution in [2.45, 2.75) is 26.5 Å². The van der Waals surface area contributed by atoms with Gasteiger partial charge in [0.25, 0.3) is 0 Å². The Labute approximate surface area is 115 Å². The maximum absolute atomic E-state index is 11.6. The number of alkyl carbamates (subject to hydrolysis) is 1. The molecule has 4 nitrogen and oxygen atoms in total. The number of likely N-dealkylation sites (N-methyl/N-ethyl adjacent to an activating group) is 1. The van der Waals surface area contributed by atoms with Crippen LogP contribution in [-0.2, 0) is 11.3 Å². The minimum absolute atomic E-state index is 0.307. The van der Waals surface area contributed by atoms with Crippen LogP contribution in [0.25, 0.3) is 0 Å². The number of benzene rings is 1. The predicted octanol–water partition coefficient (Wildman–Crippen LogP) is 2.50. The van der Waals surface area contributed by atoms with Crippen molar-refractivity contribution in [3.05, 3.63) is 35.9 Å². The molecular formula is C15H24N2O2. The monoisotopic (exact) mass is 264 g/mol. The summed E-state index contributed by atoms with van der Waals surface area (Å²) in [4.78, 5) is 13.7. The fourth-order valence-electron chi connectivity index (χ4n) is 1.98. The first kappa shape index (κ1) is 15.5. The zero-order chi connectivity index (χ0) is 14.3. The van der Waals surface area contributed by atoms with Crippen LogP contribution in [0.2, 0.25) is 0 Å². The van der Waals surface area contributed by atoms with Crippen molar-refractivity contribution in [3.63, 3.8) is 0 Å². The van der Waals surface area contributed by atoms with E-state index in [4.69, 9.17) is 4.74 Å². The fourth-order valence-corrected chi connectivity index (χ4v) is 1.98. The molecule has 0 aliphatic heterocycles. The zero-order valence-electron chi connectivity index (χ0n) is 12.2. The minimum atomic E-state index is -0.364. The number of hydrogen-bond donors (Lipinski definition) is 1. The molecule has 0 aromatic heterocycles. The molecule has 1 aromatic carbocycles. The Balaban J connectivity index is 2.31. The first-order valence-corrected chi connectivity index (χ1v) is 6.61. The van der Waals surface area contributed by atoms with Gasteiger partial charge in [-0.2, -0.15) is 0 Å². The van der Waals surface area contributed by atoms with Gasteiger partial charge in [-0.3, -0.25) is 0 Å². The van der Waals surface area contributed by atoms with Crippen LogP contribution >= 0.6 is 0 Å².